The van der Waals surface area contributed by atoms with Crippen molar-refractivity contribution in [3.8, 4) is 5.75 Å². The number of methoxy groups -OCH3 is 1. The van der Waals surface area contributed by atoms with Gasteiger partial charge in [-0.3, -0.25) is 0 Å². The molecule has 0 heterocycles. The second-order valence-corrected chi connectivity index (χ2v) is 4.90. The van der Waals surface area contributed by atoms with Gasteiger partial charge in [0.2, 0.25) is 0 Å². The van der Waals surface area contributed by atoms with Crippen LogP contribution in [0.15, 0.2) is 54.6 Å². The molecule has 112 valence electrons. The summed E-state index contributed by atoms with van der Waals surface area (Å²) in [5.41, 5.74) is 2.56. The van der Waals surface area contributed by atoms with Gasteiger partial charge in [0.1, 0.15) is 12.4 Å². The Morgan fingerprint density at radius 1 is 0.857 bits per heavy atom. The summed E-state index contributed by atoms with van der Waals surface area (Å²) in [5, 5.41) is 3.37. The molecule has 0 spiro atoms. The number of rotatable bonds is 9. The van der Waals surface area contributed by atoms with Gasteiger partial charge in [-0.25, -0.2) is 0 Å². The standard InChI is InChI=1S/C18H23NO2/c1-20-13-11-16-7-9-18(10-8-16)21-14-12-19-15-17-5-3-2-4-6-17/h2-10,19H,11-15H2,1H3. The summed E-state index contributed by atoms with van der Waals surface area (Å²) in [7, 11) is 1.72. The molecule has 0 aliphatic carbocycles. The Balaban J connectivity index is 1.62. The van der Waals surface area contributed by atoms with E-state index in [0.29, 0.717) is 6.61 Å². The molecule has 0 saturated heterocycles. The molecule has 3 nitrogen and oxygen atoms in total. The van der Waals surface area contributed by atoms with E-state index in [1.165, 1.54) is 11.1 Å². The molecule has 0 amide bonds. The zero-order valence-electron chi connectivity index (χ0n) is 12.5. The highest BCUT2D eigenvalue weighted by molar-refractivity contribution is 5.27. The average molecular weight is 285 g/mol. The monoisotopic (exact) mass is 285 g/mol. The maximum atomic E-state index is 5.71. The van der Waals surface area contributed by atoms with E-state index in [2.05, 4.69) is 41.7 Å². The molecule has 0 aliphatic heterocycles. The van der Waals surface area contributed by atoms with Gasteiger partial charge < -0.3 is 14.8 Å². The van der Waals surface area contributed by atoms with Crippen molar-refractivity contribution >= 4 is 0 Å². The largest absolute Gasteiger partial charge is 0.492 e. The summed E-state index contributed by atoms with van der Waals surface area (Å²) < 4.78 is 10.8. The smallest absolute Gasteiger partial charge is 0.119 e. The van der Waals surface area contributed by atoms with Gasteiger partial charge in [0, 0.05) is 20.2 Å². The Morgan fingerprint density at radius 3 is 2.33 bits per heavy atom. The first-order valence-electron chi connectivity index (χ1n) is 7.34. The fraction of sp³-hybridized carbons (Fsp3) is 0.333. The van der Waals surface area contributed by atoms with Crippen molar-refractivity contribution in [2.45, 2.75) is 13.0 Å². The van der Waals surface area contributed by atoms with Crippen LogP contribution in [0.5, 0.6) is 5.75 Å². The summed E-state index contributed by atoms with van der Waals surface area (Å²) in [4.78, 5) is 0. The van der Waals surface area contributed by atoms with Crippen LogP contribution in [0.4, 0.5) is 0 Å². The molecule has 0 saturated carbocycles. The maximum Gasteiger partial charge on any atom is 0.119 e. The van der Waals surface area contributed by atoms with Crippen molar-refractivity contribution in [1.82, 2.24) is 5.32 Å². The van der Waals surface area contributed by atoms with Gasteiger partial charge in [-0.15, -0.1) is 0 Å². The SMILES string of the molecule is COCCc1ccc(OCCNCc2ccccc2)cc1. The Bertz CT molecular complexity index is 496. The first kappa shape index (κ1) is 15.5. The second-order valence-electron chi connectivity index (χ2n) is 4.90. The van der Waals surface area contributed by atoms with E-state index < -0.39 is 0 Å². The Morgan fingerprint density at radius 2 is 1.62 bits per heavy atom. The van der Waals surface area contributed by atoms with Crippen molar-refractivity contribution in [2.24, 2.45) is 0 Å². The van der Waals surface area contributed by atoms with E-state index in [0.717, 1.165) is 31.9 Å². The van der Waals surface area contributed by atoms with Crippen LogP contribution in [0.2, 0.25) is 0 Å². The van der Waals surface area contributed by atoms with Crippen LogP contribution in [0.1, 0.15) is 11.1 Å². The molecule has 0 aromatic heterocycles. The molecule has 2 rings (SSSR count). The third kappa shape index (κ3) is 5.98. The van der Waals surface area contributed by atoms with Gasteiger partial charge in [-0.1, -0.05) is 42.5 Å². The summed E-state index contributed by atoms with van der Waals surface area (Å²) in [6, 6.07) is 18.6. The minimum Gasteiger partial charge on any atom is -0.492 e. The molecule has 1 N–H and O–H groups in total. The van der Waals surface area contributed by atoms with Crippen molar-refractivity contribution in [3.05, 3.63) is 65.7 Å². The molecule has 3 heteroatoms. The highest BCUT2D eigenvalue weighted by atomic mass is 16.5. The molecule has 21 heavy (non-hydrogen) atoms. The van der Waals surface area contributed by atoms with Gasteiger partial charge in [0.25, 0.3) is 0 Å². The van der Waals surface area contributed by atoms with E-state index in [4.69, 9.17) is 9.47 Å². The number of benzene rings is 2. The Labute approximate surface area is 126 Å². The fourth-order valence-corrected chi connectivity index (χ4v) is 2.04. The maximum absolute atomic E-state index is 5.71. The highest BCUT2D eigenvalue weighted by Gasteiger charge is 1.96. The van der Waals surface area contributed by atoms with Crippen LogP contribution < -0.4 is 10.1 Å². The lowest BCUT2D eigenvalue weighted by Crippen LogP contribution is -2.20. The van der Waals surface area contributed by atoms with Crippen LogP contribution >= 0.6 is 0 Å². The normalized spacial score (nSPS) is 10.5. The van der Waals surface area contributed by atoms with Crippen molar-refractivity contribution in [2.75, 3.05) is 26.9 Å². The zero-order valence-corrected chi connectivity index (χ0v) is 12.5. The molecule has 0 atom stereocenters. The summed E-state index contributed by atoms with van der Waals surface area (Å²) in [6.07, 6.45) is 0.940. The molecular formula is C18H23NO2. The molecule has 0 bridgehead atoms. The topological polar surface area (TPSA) is 30.5 Å². The highest BCUT2D eigenvalue weighted by Crippen LogP contribution is 2.12. The predicted molar refractivity (Wildman–Crippen MR) is 85.7 cm³/mol. The van der Waals surface area contributed by atoms with Crippen LogP contribution in [-0.4, -0.2) is 26.9 Å². The Kier molecular flexibility index (Phi) is 6.78. The minimum atomic E-state index is 0.671. The lowest BCUT2D eigenvalue weighted by atomic mass is 10.1. The molecule has 0 fully saturated rings. The fourth-order valence-electron chi connectivity index (χ4n) is 2.04. The molecule has 0 radical (unpaired) electrons. The number of ether oxygens (including phenoxy) is 2. The first-order chi connectivity index (χ1) is 10.4. The molecule has 2 aromatic rings. The van der Waals surface area contributed by atoms with E-state index in [1.54, 1.807) is 7.11 Å². The summed E-state index contributed by atoms with van der Waals surface area (Å²) in [5.74, 6) is 0.915. The van der Waals surface area contributed by atoms with E-state index in [-0.39, 0.29) is 0 Å². The molecular weight excluding hydrogens is 262 g/mol. The van der Waals surface area contributed by atoms with E-state index in [9.17, 15) is 0 Å². The van der Waals surface area contributed by atoms with Crippen molar-refractivity contribution in [1.29, 1.82) is 0 Å². The second kappa shape index (κ2) is 9.16. The zero-order chi connectivity index (χ0) is 14.8. The lowest BCUT2D eigenvalue weighted by Gasteiger charge is -2.08. The van der Waals surface area contributed by atoms with E-state index >= 15 is 0 Å². The van der Waals surface area contributed by atoms with Crippen molar-refractivity contribution in [3.63, 3.8) is 0 Å². The van der Waals surface area contributed by atoms with Gasteiger partial charge in [0.15, 0.2) is 0 Å². The van der Waals surface area contributed by atoms with Crippen LogP contribution in [-0.2, 0) is 17.7 Å². The van der Waals surface area contributed by atoms with Gasteiger partial charge in [-0.05, 0) is 29.7 Å². The summed E-state index contributed by atoms with van der Waals surface area (Å²) >= 11 is 0. The van der Waals surface area contributed by atoms with Crippen LogP contribution in [0.25, 0.3) is 0 Å². The Hall–Kier alpha value is -1.84. The molecule has 0 unspecified atom stereocenters. The van der Waals surface area contributed by atoms with Crippen LogP contribution in [0.3, 0.4) is 0 Å². The summed E-state index contributed by atoms with van der Waals surface area (Å²) in [6.45, 7) is 3.13. The quantitative estimate of drug-likeness (QED) is 0.718. The lowest BCUT2D eigenvalue weighted by molar-refractivity contribution is 0.202. The average Bonchev–Trinajstić information content (AvgIpc) is 2.55. The number of hydrogen-bond acceptors (Lipinski definition) is 3. The number of nitrogens with one attached hydrogen (secondary N) is 1. The van der Waals surface area contributed by atoms with Crippen LogP contribution in [0, 0.1) is 0 Å². The third-order valence-corrected chi connectivity index (χ3v) is 3.24. The first-order valence-corrected chi connectivity index (χ1v) is 7.34. The van der Waals surface area contributed by atoms with Gasteiger partial charge in [-0.2, -0.15) is 0 Å². The number of hydrogen-bond donors (Lipinski definition) is 1. The molecule has 2 aromatic carbocycles. The minimum absolute atomic E-state index is 0.671. The van der Waals surface area contributed by atoms with Crippen molar-refractivity contribution < 1.29 is 9.47 Å². The molecule has 0 aliphatic rings. The third-order valence-electron chi connectivity index (χ3n) is 3.24. The van der Waals surface area contributed by atoms with Gasteiger partial charge >= 0.3 is 0 Å². The van der Waals surface area contributed by atoms with Gasteiger partial charge in [0.05, 0.1) is 6.61 Å². The predicted octanol–water partition coefficient (Wildman–Crippen LogP) is 3.04. The van der Waals surface area contributed by atoms with E-state index in [1.807, 2.05) is 18.2 Å².